The summed E-state index contributed by atoms with van der Waals surface area (Å²) in [6.45, 7) is 5.01. The van der Waals surface area contributed by atoms with E-state index in [4.69, 9.17) is 14.2 Å². The number of amides is 1. The molecule has 1 atom stereocenters. The molecule has 0 saturated carbocycles. The lowest BCUT2D eigenvalue weighted by Crippen LogP contribution is -2.29. The number of nitrogens with zero attached hydrogens (tertiary/aromatic N) is 3. The number of ether oxygens (including phenoxy) is 3. The Morgan fingerprint density at radius 3 is 2.44 bits per heavy atom. The lowest BCUT2D eigenvalue weighted by molar-refractivity contribution is -0.132. The molecule has 1 aromatic heterocycles. The zero-order chi connectivity index (χ0) is 36.6. The molecule has 5 aromatic rings. The van der Waals surface area contributed by atoms with Crippen molar-refractivity contribution >= 4 is 45.7 Å². The van der Waals surface area contributed by atoms with Crippen molar-refractivity contribution in [3.8, 4) is 17.2 Å². The van der Waals surface area contributed by atoms with Crippen LogP contribution < -0.4 is 19.1 Å². The van der Waals surface area contributed by atoms with E-state index in [1.807, 2.05) is 31.2 Å². The van der Waals surface area contributed by atoms with E-state index in [1.165, 1.54) is 35.9 Å². The summed E-state index contributed by atoms with van der Waals surface area (Å²) in [5, 5.41) is 20.5. The first-order valence-corrected chi connectivity index (χ1v) is 18.7. The molecule has 4 aromatic carbocycles. The number of carbonyl (C=O) groups is 2. The van der Waals surface area contributed by atoms with Gasteiger partial charge in [0.05, 0.1) is 25.3 Å². The van der Waals surface area contributed by atoms with Crippen LogP contribution in [0.4, 0.5) is 9.52 Å². The lowest BCUT2D eigenvalue weighted by Gasteiger charge is -2.23. The second-order valence-electron chi connectivity index (χ2n) is 12.2. The van der Waals surface area contributed by atoms with Gasteiger partial charge in [-0.15, -0.1) is 10.2 Å². The molecule has 1 aliphatic heterocycles. The Hall–Kier alpha value is -5.20. The average molecular weight is 740 g/mol. The monoisotopic (exact) mass is 739 g/mol. The number of aromatic nitrogens is 2. The molecule has 9 nitrogen and oxygen atoms in total. The Labute approximate surface area is 310 Å². The Balaban J connectivity index is 1.33. The first-order valence-electron chi connectivity index (χ1n) is 16.9. The van der Waals surface area contributed by atoms with Crippen LogP contribution in [0, 0.1) is 12.7 Å². The molecule has 1 fully saturated rings. The van der Waals surface area contributed by atoms with Crippen LogP contribution in [-0.2, 0) is 21.9 Å². The van der Waals surface area contributed by atoms with Crippen molar-refractivity contribution in [3.05, 3.63) is 130 Å². The van der Waals surface area contributed by atoms with Gasteiger partial charge in [-0.3, -0.25) is 14.5 Å². The minimum atomic E-state index is -1.05. The minimum Gasteiger partial charge on any atom is -0.507 e. The Morgan fingerprint density at radius 1 is 0.923 bits per heavy atom. The summed E-state index contributed by atoms with van der Waals surface area (Å²) < 4.78 is 31.6. The van der Waals surface area contributed by atoms with Gasteiger partial charge in [0.1, 0.15) is 23.9 Å². The SMILES string of the molecule is CCCCCOc1ccc(C2/C(=C(\O)c3ccc(OCc4cccc(C)c4)cc3)C(=O)C(=O)N2c2nnc(SCc3ccc(F)cc3)s2)cc1OC. The van der Waals surface area contributed by atoms with Crippen LogP contribution in [0.1, 0.15) is 60.0 Å². The van der Waals surface area contributed by atoms with Gasteiger partial charge >= 0.3 is 5.91 Å². The predicted octanol–water partition coefficient (Wildman–Crippen LogP) is 9.06. The highest BCUT2D eigenvalue weighted by Gasteiger charge is 2.48. The summed E-state index contributed by atoms with van der Waals surface area (Å²) in [5.74, 6) is -0.361. The second-order valence-corrected chi connectivity index (χ2v) is 14.4. The lowest BCUT2D eigenvalue weighted by atomic mass is 9.95. The fraction of sp³-hybridized carbons (Fsp3) is 0.250. The maximum Gasteiger partial charge on any atom is 0.301 e. The smallest absolute Gasteiger partial charge is 0.301 e. The van der Waals surface area contributed by atoms with Crippen molar-refractivity contribution in [2.75, 3.05) is 18.6 Å². The number of aryl methyl sites for hydroxylation is 1. The number of aliphatic hydroxyl groups is 1. The predicted molar refractivity (Wildman–Crippen MR) is 201 cm³/mol. The minimum absolute atomic E-state index is 0.104. The fourth-order valence-corrected chi connectivity index (χ4v) is 7.59. The number of ketones is 1. The molecule has 1 N–H and O–H groups in total. The van der Waals surface area contributed by atoms with E-state index >= 15 is 0 Å². The van der Waals surface area contributed by atoms with Crippen LogP contribution in [0.15, 0.2) is 101 Å². The molecule has 6 rings (SSSR count). The number of hydrogen-bond donors (Lipinski definition) is 1. The number of rotatable bonds is 15. The van der Waals surface area contributed by atoms with Crippen LogP contribution in [0.5, 0.6) is 17.2 Å². The van der Waals surface area contributed by atoms with E-state index in [9.17, 15) is 19.1 Å². The summed E-state index contributed by atoms with van der Waals surface area (Å²) in [6.07, 6.45) is 2.97. The summed E-state index contributed by atoms with van der Waals surface area (Å²) in [5.41, 5.74) is 3.78. The molecule has 52 heavy (non-hydrogen) atoms. The standard InChI is InChI=1S/C40H38FN3O6S2/c1-4-5-6-20-49-32-19-14-29(22-33(32)48-3)35-34(36(45)28-12-17-31(18-13-28)50-23-27-9-7-8-25(2)21-27)37(46)38(47)44(35)39-42-43-40(52-39)51-24-26-10-15-30(41)16-11-26/h7-19,21-22,35,45H,4-6,20,23-24H2,1-3H3/b36-34+. The topological polar surface area (TPSA) is 111 Å². The number of anilines is 1. The molecule has 0 aliphatic carbocycles. The molecule has 1 aliphatic rings. The first kappa shape index (κ1) is 36.6. The molecule has 1 amide bonds. The Kier molecular flexibility index (Phi) is 11.9. The van der Waals surface area contributed by atoms with Gasteiger partial charge in [-0.2, -0.15) is 0 Å². The molecule has 1 saturated heterocycles. The van der Waals surface area contributed by atoms with Gasteiger partial charge in [-0.25, -0.2) is 4.39 Å². The molecule has 2 heterocycles. The zero-order valence-electron chi connectivity index (χ0n) is 29.0. The van der Waals surface area contributed by atoms with E-state index < -0.39 is 17.7 Å². The van der Waals surface area contributed by atoms with Crippen LogP contribution in [0.3, 0.4) is 0 Å². The van der Waals surface area contributed by atoms with Gasteiger partial charge in [0, 0.05) is 11.3 Å². The molecular formula is C40H38FN3O6S2. The quantitative estimate of drug-likeness (QED) is 0.0281. The third kappa shape index (κ3) is 8.46. The van der Waals surface area contributed by atoms with Gasteiger partial charge in [0.25, 0.3) is 5.78 Å². The highest BCUT2D eigenvalue weighted by Crippen LogP contribution is 2.45. The Bertz CT molecular complexity index is 2070. The van der Waals surface area contributed by atoms with E-state index in [0.29, 0.717) is 51.7 Å². The fourth-order valence-electron chi connectivity index (χ4n) is 5.77. The highest BCUT2D eigenvalue weighted by molar-refractivity contribution is 8.00. The van der Waals surface area contributed by atoms with Gasteiger partial charge in [-0.05, 0) is 78.6 Å². The first-order chi connectivity index (χ1) is 25.2. The summed E-state index contributed by atoms with van der Waals surface area (Å²) in [7, 11) is 1.52. The Morgan fingerprint density at radius 2 is 1.71 bits per heavy atom. The molecule has 268 valence electrons. The molecular weight excluding hydrogens is 702 g/mol. The van der Waals surface area contributed by atoms with E-state index in [2.05, 4.69) is 17.1 Å². The second kappa shape index (κ2) is 16.9. The van der Waals surface area contributed by atoms with Crippen molar-refractivity contribution < 1.29 is 33.3 Å². The largest absolute Gasteiger partial charge is 0.507 e. The number of Topliss-reactive ketones (excluding diaryl/α,β-unsaturated/α-hetero) is 1. The molecule has 1 unspecified atom stereocenters. The average Bonchev–Trinajstić information content (AvgIpc) is 3.73. The van der Waals surface area contributed by atoms with Crippen molar-refractivity contribution in [2.24, 2.45) is 0 Å². The molecule has 0 bridgehead atoms. The molecule has 0 spiro atoms. The zero-order valence-corrected chi connectivity index (χ0v) is 30.6. The number of unbranched alkanes of at least 4 members (excludes halogenated alkanes) is 2. The van der Waals surface area contributed by atoms with Crippen LogP contribution in [0.25, 0.3) is 5.76 Å². The number of benzene rings is 4. The summed E-state index contributed by atoms with van der Waals surface area (Å²) >= 11 is 2.52. The van der Waals surface area contributed by atoms with Crippen molar-refractivity contribution in [1.82, 2.24) is 10.2 Å². The van der Waals surface area contributed by atoms with Gasteiger partial charge in [-0.1, -0.05) is 90.9 Å². The maximum atomic E-state index is 13.8. The summed E-state index contributed by atoms with van der Waals surface area (Å²) in [6, 6.07) is 25.0. The third-order valence-electron chi connectivity index (χ3n) is 8.45. The molecule has 12 heteroatoms. The van der Waals surface area contributed by atoms with Gasteiger partial charge in [0.15, 0.2) is 15.8 Å². The van der Waals surface area contributed by atoms with E-state index in [0.717, 1.165) is 47.3 Å². The normalized spacial score (nSPS) is 15.2. The van der Waals surface area contributed by atoms with Gasteiger partial charge in [0.2, 0.25) is 5.13 Å². The van der Waals surface area contributed by atoms with Crippen molar-refractivity contribution in [3.63, 3.8) is 0 Å². The molecule has 0 radical (unpaired) electrons. The highest BCUT2D eigenvalue weighted by atomic mass is 32.2. The summed E-state index contributed by atoms with van der Waals surface area (Å²) in [4.78, 5) is 28.9. The van der Waals surface area contributed by atoms with Crippen molar-refractivity contribution in [1.29, 1.82) is 0 Å². The third-order valence-corrected chi connectivity index (χ3v) is 10.6. The van der Waals surface area contributed by atoms with E-state index in [1.54, 1.807) is 54.6 Å². The number of halogens is 1. The number of methoxy groups -OCH3 is 1. The number of hydrogen-bond acceptors (Lipinski definition) is 10. The van der Waals surface area contributed by atoms with Crippen LogP contribution in [-0.4, -0.2) is 40.7 Å². The van der Waals surface area contributed by atoms with Crippen LogP contribution in [0.2, 0.25) is 0 Å². The van der Waals surface area contributed by atoms with E-state index in [-0.39, 0.29) is 22.3 Å². The maximum absolute atomic E-state index is 13.8. The number of aliphatic hydroxyl groups excluding tert-OH is 1. The number of thioether (sulfide) groups is 1. The van der Waals surface area contributed by atoms with Gasteiger partial charge < -0.3 is 19.3 Å². The van der Waals surface area contributed by atoms with Crippen molar-refractivity contribution in [2.45, 2.75) is 55.9 Å². The number of carbonyl (C=O) groups excluding carboxylic acids is 2. The van der Waals surface area contributed by atoms with Crippen LogP contribution >= 0.6 is 23.1 Å².